The molecular formula is C18H15Cl2N3OS2. The summed E-state index contributed by atoms with van der Waals surface area (Å²) in [7, 11) is 1.91. The Morgan fingerprint density at radius 2 is 2.00 bits per heavy atom. The van der Waals surface area contributed by atoms with Crippen molar-refractivity contribution in [3.63, 3.8) is 0 Å². The van der Waals surface area contributed by atoms with E-state index in [2.05, 4.69) is 10.3 Å². The van der Waals surface area contributed by atoms with E-state index in [4.69, 9.17) is 23.2 Å². The fourth-order valence-electron chi connectivity index (χ4n) is 2.23. The molecule has 0 unspecified atom stereocenters. The molecule has 0 saturated heterocycles. The molecule has 0 spiro atoms. The van der Waals surface area contributed by atoms with Gasteiger partial charge in [0.25, 0.3) is 5.91 Å². The highest BCUT2D eigenvalue weighted by molar-refractivity contribution is 7.99. The molecule has 134 valence electrons. The van der Waals surface area contributed by atoms with Crippen molar-refractivity contribution in [3.8, 4) is 0 Å². The summed E-state index contributed by atoms with van der Waals surface area (Å²) in [6.07, 6.45) is 5.54. The van der Waals surface area contributed by atoms with Gasteiger partial charge in [0.2, 0.25) is 0 Å². The van der Waals surface area contributed by atoms with Crippen LogP contribution in [0.4, 0.5) is 5.69 Å². The molecule has 0 saturated carbocycles. The molecular weight excluding hydrogens is 409 g/mol. The predicted molar refractivity (Wildman–Crippen MR) is 110 cm³/mol. The number of amides is 1. The Bertz CT molecular complexity index is 959. The van der Waals surface area contributed by atoms with E-state index in [0.717, 1.165) is 14.9 Å². The first-order valence-corrected chi connectivity index (χ1v) is 10.4. The third kappa shape index (κ3) is 4.38. The monoisotopic (exact) mass is 423 g/mol. The van der Waals surface area contributed by atoms with Crippen molar-refractivity contribution in [2.24, 2.45) is 7.05 Å². The smallest absolute Gasteiger partial charge is 0.257 e. The highest BCUT2D eigenvalue weighted by atomic mass is 35.5. The van der Waals surface area contributed by atoms with Crippen LogP contribution < -0.4 is 5.32 Å². The number of imidazole rings is 1. The molecule has 3 aromatic rings. The number of halogens is 2. The number of anilines is 1. The highest BCUT2D eigenvalue weighted by Gasteiger charge is 2.15. The lowest BCUT2D eigenvalue weighted by atomic mass is 10.2. The standard InChI is InChI=1S/C18H15Cl2N3OS2/c1-23-8-7-21-18(23)26-16-6-3-11(19)9-15(16)22-17(24)13-10-12(25-2)4-5-14(13)20/h3-10H,1-2H3,(H,22,24). The van der Waals surface area contributed by atoms with Crippen LogP contribution in [0.25, 0.3) is 0 Å². The van der Waals surface area contributed by atoms with E-state index in [1.54, 1.807) is 42.2 Å². The number of carbonyl (C=O) groups excluding carboxylic acids is 1. The predicted octanol–water partition coefficient (Wildman–Crippen LogP) is 5.85. The van der Waals surface area contributed by atoms with E-state index in [1.165, 1.54) is 11.8 Å². The highest BCUT2D eigenvalue weighted by Crippen LogP contribution is 2.35. The van der Waals surface area contributed by atoms with Crippen molar-refractivity contribution in [3.05, 3.63) is 64.4 Å². The molecule has 0 fully saturated rings. The van der Waals surface area contributed by atoms with Gasteiger partial charge in [0.1, 0.15) is 0 Å². The van der Waals surface area contributed by atoms with Crippen molar-refractivity contribution in [2.75, 3.05) is 11.6 Å². The zero-order valence-corrected chi connectivity index (χ0v) is 17.1. The van der Waals surface area contributed by atoms with Crippen LogP contribution in [0.5, 0.6) is 0 Å². The maximum Gasteiger partial charge on any atom is 0.257 e. The minimum Gasteiger partial charge on any atom is -0.329 e. The topological polar surface area (TPSA) is 46.9 Å². The average Bonchev–Trinajstić information content (AvgIpc) is 3.02. The summed E-state index contributed by atoms with van der Waals surface area (Å²) < 4.78 is 1.91. The molecule has 3 rings (SSSR count). The molecule has 1 aromatic heterocycles. The Kier molecular flexibility index (Phi) is 6.19. The third-order valence-electron chi connectivity index (χ3n) is 3.59. The SMILES string of the molecule is CSc1ccc(Cl)c(C(=O)Nc2cc(Cl)ccc2Sc2nccn2C)c1. The van der Waals surface area contributed by atoms with Crippen molar-refractivity contribution in [1.29, 1.82) is 0 Å². The normalized spacial score (nSPS) is 10.8. The first kappa shape index (κ1) is 19.2. The van der Waals surface area contributed by atoms with E-state index in [0.29, 0.717) is 21.3 Å². The number of rotatable bonds is 5. The number of nitrogens with zero attached hydrogens (tertiary/aromatic N) is 2. The number of hydrogen-bond acceptors (Lipinski definition) is 4. The van der Waals surface area contributed by atoms with Crippen LogP contribution in [0.1, 0.15) is 10.4 Å². The van der Waals surface area contributed by atoms with E-state index in [-0.39, 0.29) is 5.91 Å². The molecule has 1 amide bonds. The number of carbonyl (C=O) groups is 1. The van der Waals surface area contributed by atoms with Gasteiger partial charge in [0.05, 0.1) is 16.3 Å². The lowest BCUT2D eigenvalue weighted by Gasteiger charge is -2.12. The Morgan fingerprint density at radius 1 is 1.19 bits per heavy atom. The first-order chi connectivity index (χ1) is 12.5. The van der Waals surface area contributed by atoms with Gasteiger partial charge >= 0.3 is 0 Å². The minimum absolute atomic E-state index is 0.283. The van der Waals surface area contributed by atoms with Crippen LogP contribution in [-0.4, -0.2) is 21.7 Å². The molecule has 0 radical (unpaired) electrons. The lowest BCUT2D eigenvalue weighted by molar-refractivity contribution is 0.102. The van der Waals surface area contributed by atoms with Crippen LogP contribution in [0.15, 0.2) is 63.7 Å². The Hall–Kier alpha value is -1.60. The van der Waals surface area contributed by atoms with Crippen LogP contribution in [0, 0.1) is 0 Å². The van der Waals surface area contributed by atoms with E-state index >= 15 is 0 Å². The van der Waals surface area contributed by atoms with Crippen molar-refractivity contribution in [1.82, 2.24) is 9.55 Å². The Balaban J connectivity index is 1.90. The summed E-state index contributed by atoms with van der Waals surface area (Å²) in [6, 6.07) is 10.7. The second kappa shape index (κ2) is 8.39. The maximum absolute atomic E-state index is 12.8. The number of aryl methyl sites for hydroxylation is 1. The molecule has 0 atom stereocenters. The van der Waals surface area contributed by atoms with E-state index in [9.17, 15) is 4.79 Å². The maximum atomic E-state index is 12.8. The first-order valence-electron chi connectivity index (χ1n) is 7.57. The molecule has 8 heteroatoms. The van der Waals surface area contributed by atoms with Gasteiger partial charge in [-0.15, -0.1) is 11.8 Å². The zero-order chi connectivity index (χ0) is 18.7. The van der Waals surface area contributed by atoms with Crippen molar-refractivity contribution < 1.29 is 4.79 Å². The second-order valence-electron chi connectivity index (χ2n) is 5.36. The van der Waals surface area contributed by atoms with Crippen LogP contribution >= 0.6 is 46.7 Å². The zero-order valence-electron chi connectivity index (χ0n) is 14.0. The summed E-state index contributed by atoms with van der Waals surface area (Å²) in [6.45, 7) is 0. The molecule has 1 N–H and O–H groups in total. The second-order valence-corrected chi connectivity index (χ2v) is 8.10. The van der Waals surface area contributed by atoms with Gasteiger partial charge in [0, 0.05) is 34.3 Å². The summed E-state index contributed by atoms with van der Waals surface area (Å²) in [5.74, 6) is -0.283. The van der Waals surface area contributed by atoms with Gasteiger partial charge in [-0.3, -0.25) is 4.79 Å². The summed E-state index contributed by atoms with van der Waals surface area (Å²) in [5.41, 5.74) is 1.03. The van der Waals surface area contributed by atoms with Gasteiger partial charge in [-0.05, 0) is 54.4 Å². The van der Waals surface area contributed by atoms with Crippen LogP contribution in [-0.2, 0) is 7.05 Å². The fraction of sp³-hybridized carbons (Fsp3) is 0.111. The summed E-state index contributed by atoms with van der Waals surface area (Å²) >= 11 is 15.3. The number of benzene rings is 2. The quantitative estimate of drug-likeness (QED) is 0.522. The van der Waals surface area contributed by atoms with Crippen molar-refractivity contribution >= 4 is 58.3 Å². The molecule has 0 aliphatic rings. The lowest BCUT2D eigenvalue weighted by Crippen LogP contribution is -2.13. The molecule has 0 bridgehead atoms. The Labute approximate surface area is 170 Å². The van der Waals surface area contributed by atoms with Gasteiger partial charge < -0.3 is 9.88 Å². The molecule has 2 aromatic carbocycles. The Morgan fingerprint density at radius 3 is 2.69 bits per heavy atom. The summed E-state index contributed by atoms with van der Waals surface area (Å²) in [5, 5.41) is 4.67. The number of thioether (sulfide) groups is 1. The summed E-state index contributed by atoms with van der Waals surface area (Å²) in [4.78, 5) is 18.9. The van der Waals surface area contributed by atoms with Crippen LogP contribution in [0.2, 0.25) is 10.0 Å². The number of nitrogens with one attached hydrogen (secondary N) is 1. The molecule has 1 heterocycles. The van der Waals surface area contributed by atoms with E-state index < -0.39 is 0 Å². The average molecular weight is 424 g/mol. The largest absolute Gasteiger partial charge is 0.329 e. The van der Waals surface area contributed by atoms with Gasteiger partial charge in [-0.1, -0.05) is 23.2 Å². The molecule has 26 heavy (non-hydrogen) atoms. The molecule has 0 aliphatic carbocycles. The van der Waals surface area contributed by atoms with Gasteiger partial charge in [-0.25, -0.2) is 4.98 Å². The molecule has 0 aliphatic heterocycles. The molecule has 4 nitrogen and oxygen atoms in total. The van der Waals surface area contributed by atoms with E-state index in [1.807, 2.05) is 36.2 Å². The van der Waals surface area contributed by atoms with Gasteiger partial charge in [-0.2, -0.15) is 0 Å². The van der Waals surface area contributed by atoms with Crippen molar-refractivity contribution in [2.45, 2.75) is 14.9 Å². The fourth-order valence-corrected chi connectivity index (χ4v) is 3.92. The third-order valence-corrected chi connectivity index (χ3v) is 6.03. The number of aromatic nitrogens is 2. The van der Waals surface area contributed by atoms with Crippen LogP contribution in [0.3, 0.4) is 0 Å². The number of hydrogen-bond donors (Lipinski definition) is 1. The van der Waals surface area contributed by atoms with Gasteiger partial charge in [0.15, 0.2) is 5.16 Å². The minimum atomic E-state index is -0.283.